The van der Waals surface area contributed by atoms with Crippen LogP contribution in [0.25, 0.3) is 16.6 Å². The minimum atomic E-state index is -1.01. The molecule has 4 aromatic heterocycles. The number of hydrogen-bond donors (Lipinski definition) is 1. The minimum absolute atomic E-state index is 0.207. The smallest absolute Gasteiger partial charge is 0.155 e. The normalized spacial score (nSPS) is 18.7. The summed E-state index contributed by atoms with van der Waals surface area (Å²) in [7, 11) is 0. The van der Waals surface area contributed by atoms with Crippen LogP contribution in [0.2, 0.25) is 0 Å². The topological polar surface area (TPSA) is 83.8 Å². The molecule has 1 aliphatic rings. The van der Waals surface area contributed by atoms with Crippen LogP contribution >= 0.6 is 11.8 Å². The van der Waals surface area contributed by atoms with Gasteiger partial charge in [-0.3, -0.25) is 4.68 Å². The van der Waals surface area contributed by atoms with Crippen LogP contribution < -0.4 is 5.32 Å². The van der Waals surface area contributed by atoms with E-state index in [1.54, 1.807) is 21.6 Å². The Hall–Kier alpha value is -3.29. The summed E-state index contributed by atoms with van der Waals surface area (Å²) in [6, 6.07) is 6.57. The Balaban J connectivity index is 1.62. The summed E-state index contributed by atoms with van der Waals surface area (Å²) >= 11 is 1.13. The van der Waals surface area contributed by atoms with E-state index in [2.05, 4.69) is 26.6 Å². The number of aromatic nitrogens is 5. The number of fused-ring (bicyclic) bond motifs is 1. The van der Waals surface area contributed by atoms with Gasteiger partial charge in [0, 0.05) is 40.7 Å². The number of nitrogens with one attached hydrogen (secondary N) is 1. The van der Waals surface area contributed by atoms with Crippen LogP contribution in [-0.4, -0.2) is 43.6 Å². The van der Waals surface area contributed by atoms with Crippen molar-refractivity contribution in [3.05, 3.63) is 60.1 Å². The first kappa shape index (κ1) is 20.6. The summed E-state index contributed by atoms with van der Waals surface area (Å²) in [6.07, 6.45) is 6.17. The maximum absolute atomic E-state index is 14.5. The van der Waals surface area contributed by atoms with Crippen molar-refractivity contribution in [3.8, 4) is 17.2 Å². The van der Waals surface area contributed by atoms with E-state index in [-0.39, 0.29) is 11.1 Å². The molecule has 0 saturated carbocycles. The van der Waals surface area contributed by atoms with Crippen molar-refractivity contribution in [3.63, 3.8) is 0 Å². The first-order chi connectivity index (χ1) is 15.6. The van der Waals surface area contributed by atoms with Crippen LogP contribution in [-0.2, 0) is 0 Å². The van der Waals surface area contributed by atoms with Crippen LogP contribution in [0.1, 0.15) is 23.7 Å². The Morgan fingerprint density at radius 1 is 1.31 bits per heavy atom. The van der Waals surface area contributed by atoms with Gasteiger partial charge in [-0.1, -0.05) is 11.8 Å². The number of rotatable bonds is 4. The van der Waals surface area contributed by atoms with Gasteiger partial charge < -0.3 is 5.32 Å². The third-order valence-corrected chi connectivity index (χ3v) is 6.70. The molecular weight excluding hydrogens is 432 g/mol. The molecule has 1 aliphatic heterocycles. The molecule has 1 N–H and O–H groups in total. The van der Waals surface area contributed by atoms with Gasteiger partial charge in [0.1, 0.15) is 17.3 Å². The van der Waals surface area contributed by atoms with Crippen molar-refractivity contribution in [2.45, 2.75) is 35.5 Å². The van der Waals surface area contributed by atoms with E-state index in [9.17, 15) is 14.0 Å². The molecule has 32 heavy (non-hydrogen) atoms. The van der Waals surface area contributed by atoms with E-state index in [0.717, 1.165) is 35.1 Å². The van der Waals surface area contributed by atoms with Gasteiger partial charge in [0.25, 0.3) is 0 Å². The number of hydrogen-bond acceptors (Lipinski definition) is 6. The summed E-state index contributed by atoms with van der Waals surface area (Å²) in [5.74, 6) is -0.442. The van der Waals surface area contributed by atoms with Crippen LogP contribution in [0, 0.1) is 24.1 Å². The van der Waals surface area contributed by atoms with Gasteiger partial charge in [-0.15, -0.1) is 0 Å². The predicted molar refractivity (Wildman–Crippen MR) is 116 cm³/mol. The predicted octanol–water partition coefficient (Wildman–Crippen LogP) is 3.94. The van der Waals surface area contributed by atoms with E-state index < -0.39 is 12.0 Å². The summed E-state index contributed by atoms with van der Waals surface area (Å²) in [5, 5.41) is 21.6. The second kappa shape index (κ2) is 8.33. The molecule has 1 fully saturated rings. The second-order valence-electron chi connectivity index (χ2n) is 7.61. The van der Waals surface area contributed by atoms with Gasteiger partial charge in [0.15, 0.2) is 5.82 Å². The molecule has 5 heterocycles. The number of alkyl halides is 1. The van der Waals surface area contributed by atoms with Gasteiger partial charge >= 0.3 is 0 Å². The average Bonchev–Trinajstić information content (AvgIpc) is 3.39. The van der Waals surface area contributed by atoms with Gasteiger partial charge in [-0.25, -0.2) is 18.3 Å². The highest BCUT2D eigenvalue weighted by molar-refractivity contribution is 7.99. The number of pyridine rings is 2. The SMILES string of the molecule is Cc1c(-c2cc(Sc3ncccc3F)c3c(C#N)cnn3c2)cnn1[C@@H]1CCNC[C@H]1F. The monoisotopic (exact) mass is 451 g/mol. The quantitative estimate of drug-likeness (QED) is 0.506. The molecule has 7 nitrogen and oxygen atoms in total. The summed E-state index contributed by atoms with van der Waals surface area (Å²) in [4.78, 5) is 4.77. The highest BCUT2D eigenvalue weighted by Gasteiger charge is 2.28. The molecule has 0 spiro atoms. The standard InChI is InChI=1S/C22H19F2N7S/c1-13-16(10-29-31(13)19-4-6-26-11-18(19)24)14-7-20(32-22-17(23)3-2-5-27-22)21-15(8-25)9-28-30(21)12-14/h2-3,5,7,9-10,12,18-19,26H,4,6,11H2,1H3/t18-,19-/m1/s1. The van der Waals surface area contributed by atoms with E-state index in [4.69, 9.17) is 0 Å². The van der Waals surface area contributed by atoms with Crippen molar-refractivity contribution >= 4 is 17.3 Å². The van der Waals surface area contributed by atoms with Crippen molar-refractivity contribution in [1.29, 1.82) is 5.26 Å². The third kappa shape index (κ3) is 3.53. The van der Waals surface area contributed by atoms with Crippen LogP contribution in [0.5, 0.6) is 0 Å². The maximum atomic E-state index is 14.5. The van der Waals surface area contributed by atoms with Gasteiger partial charge in [-0.05, 0) is 38.1 Å². The van der Waals surface area contributed by atoms with E-state index >= 15 is 0 Å². The third-order valence-electron chi connectivity index (χ3n) is 5.67. The fourth-order valence-corrected chi connectivity index (χ4v) is 5.04. The fourth-order valence-electron chi connectivity index (χ4n) is 4.07. The van der Waals surface area contributed by atoms with Crippen LogP contribution in [0.4, 0.5) is 8.78 Å². The first-order valence-electron chi connectivity index (χ1n) is 10.2. The molecule has 10 heteroatoms. The van der Waals surface area contributed by atoms with Crippen molar-refractivity contribution in [2.75, 3.05) is 13.1 Å². The minimum Gasteiger partial charge on any atom is -0.314 e. The molecule has 4 aromatic rings. The van der Waals surface area contributed by atoms with Crippen LogP contribution in [0.3, 0.4) is 0 Å². The molecule has 1 saturated heterocycles. The Labute approximate surface area is 187 Å². The molecule has 2 atom stereocenters. The molecule has 0 aromatic carbocycles. The number of nitrogens with zero attached hydrogens (tertiary/aromatic N) is 6. The maximum Gasteiger partial charge on any atom is 0.155 e. The first-order valence-corrected chi connectivity index (χ1v) is 11.0. The molecule has 0 radical (unpaired) electrons. The highest BCUT2D eigenvalue weighted by atomic mass is 32.2. The summed E-state index contributed by atoms with van der Waals surface area (Å²) in [6.45, 7) is 2.97. The Bertz CT molecular complexity index is 1340. The van der Waals surface area contributed by atoms with Crippen molar-refractivity contribution in [2.24, 2.45) is 0 Å². The number of nitriles is 1. The zero-order chi connectivity index (χ0) is 22.2. The fraction of sp³-hybridized carbons (Fsp3) is 0.273. The van der Waals surface area contributed by atoms with E-state index in [1.165, 1.54) is 24.5 Å². The van der Waals surface area contributed by atoms with Crippen LogP contribution in [0.15, 0.2) is 52.9 Å². The van der Waals surface area contributed by atoms with Gasteiger partial charge in [0.05, 0.1) is 29.5 Å². The second-order valence-corrected chi connectivity index (χ2v) is 8.64. The Morgan fingerprint density at radius 2 is 2.19 bits per heavy atom. The molecule has 0 unspecified atom stereocenters. The Morgan fingerprint density at radius 3 is 2.97 bits per heavy atom. The summed E-state index contributed by atoms with van der Waals surface area (Å²) < 4.78 is 32.2. The summed E-state index contributed by atoms with van der Waals surface area (Å²) in [5.41, 5.74) is 3.43. The zero-order valence-electron chi connectivity index (χ0n) is 17.2. The molecule has 5 rings (SSSR count). The zero-order valence-corrected chi connectivity index (χ0v) is 18.0. The van der Waals surface area contributed by atoms with Gasteiger partial charge in [-0.2, -0.15) is 15.5 Å². The van der Waals surface area contributed by atoms with E-state index in [1.807, 2.05) is 13.0 Å². The largest absolute Gasteiger partial charge is 0.314 e. The molecule has 0 aliphatic carbocycles. The highest BCUT2D eigenvalue weighted by Crippen LogP contribution is 2.37. The molecule has 0 bridgehead atoms. The molecule has 162 valence electrons. The number of piperidine rings is 1. The lowest BCUT2D eigenvalue weighted by atomic mass is 10.0. The Kier molecular flexibility index (Phi) is 5.36. The lowest BCUT2D eigenvalue weighted by molar-refractivity contribution is 0.171. The average molecular weight is 452 g/mol. The lowest BCUT2D eigenvalue weighted by Crippen LogP contribution is -2.39. The number of halogens is 2. The van der Waals surface area contributed by atoms with Crippen molar-refractivity contribution in [1.82, 2.24) is 29.7 Å². The van der Waals surface area contributed by atoms with Gasteiger partial charge in [0.2, 0.25) is 0 Å². The van der Waals surface area contributed by atoms with E-state index in [0.29, 0.717) is 28.9 Å². The molecular formula is C22H19F2N7S. The molecule has 0 amide bonds. The van der Waals surface area contributed by atoms with Crippen molar-refractivity contribution < 1.29 is 8.78 Å². The lowest BCUT2D eigenvalue weighted by Gasteiger charge is -2.28.